The fraction of sp³-hybridized carbons (Fsp3) is 0. The average Bonchev–Trinajstić information content (AvgIpc) is 2.53. The Balaban J connectivity index is 2.53. The zero-order valence-corrected chi connectivity index (χ0v) is 7.51. The topological polar surface area (TPSA) is 20.2 Å². The van der Waals surface area contributed by atoms with Crippen LogP contribution in [0.5, 0.6) is 5.75 Å². The van der Waals surface area contributed by atoms with Crippen molar-refractivity contribution >= 4 is 11.3 Å². The lowest BCUT2D eigenvalue weighted by atomic mass is 10.2. The molecule has 2 rings (SSSR count). The number of rotatable bonds is 1. The van der Waals surface area contributed by atoms with E-state index in [0.29, 0.717) is 5.56 Å². The first-order valence-electron chi connectivity index (χ1n) is 3.79. The Morgan fingerprint density at radius 2 is 2.08 bits per heavy atom. The van der Waals surface area contributed by atoms with Crippen LogP contribution < -0.4 is 0 Å². The fourth-order valence-corrected chi connectivity index (χ4v) is 1.87. The maximum atomic E-state index is 12.9. The molecule has 0 unspecified atom stereocenters. The molecule has 0 spiro atoms. The van der Waals surface area contributed by atoms with Gasteiger partial charge >= 0.3 is 0 Å². The summed E-state index contributed by atoms with van der Waals surface area (Å²) in [5.41, 5.74) is 0.715. The number of hydrogen-bond acceptors (Lipinski definition) is 2. The first kappa shape index (κ1) is 8.26. The zero-order valence-electron chi connectivity index (χ0n) is 6.70. The Morgan fingerprint density at radius 3 is 2.69 bits per heavy atom. The molecular weight excluding hydrogens is 187 g/mol. The molecule has 0 aliphatic carbocycles. The quantitative estimate of drug-likeness (QED) is 0.738. The van der Waals surface area contributed by atoms with Crippen LogP contribution in [0.25, 0.3) is 10.4 Å². The minimum Gasteiger partial charge on any atom is -0.508 e. The molecule has 13 heavy (non-hydrogen) atoms. The molecule has 1 aromatic heterocycles. The molecule has 0 aliphatic heterocycles. The van der Waals surface area contributed by atoms with Crippen LogP contribution in [-0.4, -0.2) is 5.11 Å². The Hall–Kier alpha value is -1.35. The van der Waals surface area contributed by atoms with Gasteiger partial charge in [0, 0.05) is 10.9 Å². The summed E-state index contributed by atoms with van der Waals surface area (Å²) in [6, 6.07) is 7.83. The predicted molar refractivity (Wildman–Crippen MR) is 51.4 cm³/mol. The van der Waals surface area contributed by atoms with Crippen LogP contribution in [0, 0.1) is 5.82 Å². The van der Waals surface area contributed by atoms with E-state index in [0.717, 1.165) is 10.9 Å². The van der Waals surface area contributed by atoms with Gasteiger partial charge in [0.2, 0.25) is 0 Å². The first-order chi connectivity index (χ1) is 6.25. The average molecular weight is 194 g/mol. The van der Waals surface area contributed by atoms with Crippen molar-refractivity contribution < 1.29 is 9.50 Å². The van der Waals surface area contributed by atoms with Gasteiger partial charge in [0.15, 0.2) is 0 Å². The summed E-state index contributed by atoms with van der Waals surface area (Å²) in [5.74, 6) is -0.452. The lowest BCUT2D eigenvalue weighted by Gasteiger charge is -1.98. The molecule has 0 saturated heterocycles. The van der Waals surface area contributed by atoms with E-state index in [9.17, 15) is 4.39 Å². The SMILES string of the molecule is Oc1cc(F)cc(-c2cccs2)c1. The van der Waals surface area contributed by atoms with E-state index in [-0.39, 0.29) is 5.75 Å². The van der Waals surface area contributed by atoms with Crippen LogP contribution in [0.15, 0.2) is 35.7 Å². The van der Waals surface area contributed by atoms with Crippen LogP contribution in [-0.2, 0) is 0 Å². The molecule has 66 valence electrons. The molecular formula is C10H7FOS. The number of hydrogen-bond donors (Lipinski definition) is 1. The molecule has 1 nitrogen and oxygen atoms in total. The third-order valence-corrected chi connectivity index (χ3v) is 2.61. The third-order valence-electron chi connectivity index (χ3n) is 1.69. The monoisotopic (exact) mass is 194 g/mol. The molecule has 0 atom stereocenters. The molecule has 0 aliphatic rings. The molecule has 3 heteroatoms. The normalized spacial score (nSPS) is 10.2. The lowest BCUT2D eigenvalue weighted by Crippen LogP contribution is -1.76. The second-order valence-electron chi connectivity index (χ2n) is 2.68. The summed E-state index contributed by atoms with van der Waals surface area (Å²) in [6.45, 7) is 0. The number of phenols is 1. The molecule has 1 aromatic carbocycles. The Labute approximate surface area is 79.1 Å². The van der Waals surface area contributed by atoms with E-state index in [1.54, 1.807) is 6.07 Å². The highest BCUT2D eigenvalue weighted by Gasteiger charge is 2.02. The van der Waals surface area contributed by atoms with Crippen molar-refractivity contribution in [3.05, 3.63) is 41.5 Å². The van der Waals surface area contributed by atoms with Crippen LogP contribution in [0.2, 0.25) is 0 Å². The van der Waals surface area contributed by atoms with Crippen molar-refractivity contribution in [3.63, 3.8) is 0 Å². The van der Waals surface area contributed by atoms with Gasteiger partial charge in [-0.1, -0.05) is 6.07 Å². The molecule has 1 N–H and O–H groups in total. The van der Waals surface area contributed by atoms with Gasteiger partial charge < -0.3 is 5.11 Å². The van der Waals surface area contributed by atoms with E-state index in [4.69, 9.17) is 5.11 Å². The summed E-state index contributed by atoms with van der Waals surface area (Å²) >= 11 is 1.52. The maximum absolute atomic E-state index is 12.9. The summed E-state index contributed by atoms with van der Waals surface area (Å²) in [5, 5.41) is 11.1. The number of benzene rings is 1. The van der Waals surface area contributed by atoms with Crippen molar-refractivity contribution in [1.29, 1.82) is 0 Å². The summed E-state index contributed by atoms with van der Waals surface area (Å²) in [7, 11) is 0. The fourth-order valence-electron chi connectivity index (χ4n) is 1.16. The van der Waals surface area contributed by atoms with Crippen molar-refractivity contribution in [1.82, 2.24) is 0 Å². The Kier molecular flexibility index (Phi) is 2.02. The van der Waals surface area contributed by atoms with Crippen LogP contribution >= 0.6 is 11.3 Å². The van der Waals surface area contributed by atoms with Crippen LogP contribution in [0.3, 0.4) is 0 Å². The standard InChI is InChI=1S/C10H7FOS/c11-8-4-7(5-9(12)6-8)10-2-1-3-13-10/h1-6,12H. The van der Waals surface area contributed by atoms with E-state index in [1.165, 1.54) is 17.4 Å². The third kappa shape index (κ3) is 1.70. The van der Waals surface area contributed by atoms with Gasteiger partial charge in [-0.2, -0.15) is 0 Å². The molecule has 2 aromatic rings. The van der Waals surface area contributed by atoms with Crippen LogP contribution in [0.4, 0.5) is 4.39 Å². The number of halogens is 1. The van der Waals surface area contributed by atoms with Gasteiger partial charge in [-0.15, -0.1) is 11.3 Å². The van der Waals surface area contributed by atoms with E-state index in [1.807, 2.05) is 17.5 Å². The van der Waals surface area contributed by atoms with Gasteiger partial charge in [-0.3, -0.25) is 0 Å². The minimum absolute atomic E-state index is 0.0385. The number of thiophene rings is 1. The van der Waals surface area contributed by atoms with Crippen molar-refractivity contribution in [2.45, 2.75) is 0 Å². The van der Waals surface area contributed by atoms with E-state index in [2.05, 4.69) is 0 Å². The van der Waals surface area contributed by atoms with Crippen LogP contribution in [0.1, 0.15) is 0 Å². The van der Waals surface area contributed by atoms with Gasteiger partial charge in [0.1, 0.15) is 11.6 Å². The molecule has 0 radical (unpaired) electrons. The lowest BCUT2D eigenvalue weighted by molar-refractivity contribution is 0.469. The highest BCUT2D eigenvalue weighted by molar-refractivity contribution is 7.13. The predicted octanol–water partition coefficient (Wildman–Crippen LogP) is 3.26. The maximum Gasteiger partial charge on any atom is 0.127 e. The number of phenolic OH excluding ortho intramolecular Hbond substituents is 1. The van der Waals surface area contributed by atoms with E-state index >= 15 is 0 Å². The number of aromatic hydroxyl groups is 1. The van der Waals surface area contributed by atoms with Gasteiger partial charge in [0.25, 0.3) is 0 Å². The smallest absolute Gasteiger partial charge is 0.127 e. The molecule has 1 heterocycles. The molecule has 0 fully saturated rings. The second-order valence-corrected chi connectivity index (χ2v) is 3.62. The molecule has 0 amide bonds. The van der Waals surface area contributed by atoms with Gasteiger partial charge in [-0.05, 0) is 29.1 Å². The Morgan fingerprint density at radius 1 is 1.23 bits per heavy atom. The first-order valence-corrected chi connectivity index (χ1v) is 4.67. The Bertz CT molecular complexity index is 389. The largest absolute Gasteiger partial charge is 0.508 e. The zero-order chi connectivity index (χ0) is 9.26. The highest BCUT2D eigenvalue weighted by atomic mass is 32.1. The van der Waals surface area contributed by atoms with Crippen molar-refractivity contribution in [2.75, 3.05) is 0 Å². The van der Waals surface area contributed by atoms with E-state index < -0.39 is 5.82 Å². The second kappa shape index (κ2) is 3.18. The summed E-state index contributed by atoms with van der Waals surface area (Å²) in [6.07, 6.45) is 0. The van der Waals surface area contributed by atoms with Gasteiger partial charge in [-0.25, -0.2) is 4.39 Å². The van der Waals surface area contributed by atoms with Gasteiger partial charge in [0.05, 0.1) is 0 Å². The highest BCUT2D eigenvalue weighted by Crippen LogP contribution is 2.28. The van der Waals surface area contributed by atoms with Crippen molar-refractivity contribution in [2.24, 2.45) is 0 Å². The molecule has 0 bridgehead atoms. The summed E-state index contributed by atoms with van der Waals surface area (Å²) < 4.78 is 12.9. The minimum atomic E-state index is -0.414. The molecule has 0 saturated carbocycles. The summed E-state index contributed by atoms with van der Waals surface area (Å²) in [4.78, 5) is 0.954. The van der Waals surface area contributed by atoms with Crippen molar-refractivity contribution in [3.8, 4) is 16.2 Å².